The van der Waals surface area contributed by atoms with Crippen LogP contribution in [0.1, 0.15) is 6.42 Å². The molecule has 0 aliphatic heterocycles. The fourth-order valence-electron chi connectivity index (χ4n) is 0.747. The third-order valence-corrected chi connectivity index (χ3v) is 1.12. The molecule has 1 radical (unpaired) electrons. The van der Waals surface area contributed by atoms with Gasteiger partial charge >= 0.3 is 0 Å². The molecular formula is C7H7F2. The summed E-state index contributed by atoms with van der Waals surface area (Å²) in [4.78, 5) is 0. The van der Waals surface area contributed by atoms with Gasteiger partial charge in [-0.3, -0.25) is 0 Å². The zero-order valence-corrected chi connectivity index (χ0v) is 4.90. The topological polar surface area (TPSA) is 0 Å². The van der Waals surface area contributed by atoms with Crippen molar-refractivity contribution in [3.05, 3.63) is 30.7 Å². The van der Waals surface area contributed by atoms with Crippen LogP contribution in [-0.2, 0) is 0 Å². The Morgan fingerprint density at radius 1 is 1.56 bits per heavy atom. The molecule has 0 saturated carbocycles. The quantitative estimate of drug-likeness (QED) is 0.440. The number of alkyl halides is 2. The maximum Gasteiger partial charge on any atom is 0.285 e. The summed E-state index contributed by atoms with van der Waals surface area (Å²) in [7, 11) is 0. The van der Waals surface area contributed by atoms with Gasteiger partial charge in [0.1, 0.15) is 0 Å². The summed E-state index contributed by atoms with van der Waals surface area (Å²) in [5.74, 6) is -2.75. The lowest BCUT2D eigenvalue weighted by atomic mass is 10.1. The van der Waals surface area contributed by atoms with Gasteiger partial charge in [0.15, 0.2) is 0 Å². The first-order valence-electron chi connectivity index (χ1n) is 2.69. The van der Waals surface area contributed by atoms with E-state index >= 15 is 0 Å². The SMILES string of the molecule is [CH2]C1=CC(F)(F)C=CC1. The van der Waals surface area contributed by atoms with Crippen LogP contribution in [0.2, 0.25) is 0 Å². The smallest absolute Gasteiger partial charge is 0.197 e. The van der Waals surface area contributed by atoms with E-state index in [1.165, 1.54) is 6.08 Å². The Morgan fingerprint density at radius 2 is 2.22 bits per heavy atom. The van der Waals surface area contributed by atoms with Crippen molar-refractivity contribution >= 4 is 0 Å². The Bertz CT molecular complexity index is 166. The van der Waals surface area contributed by atoms with Gasteiger partial charge in [-0.05, 0) is 25.5 Å². The summed E-state index contributed by atoms with van der Waals surface area (Å²) < 4.78 is 24.5. The van der Waals surface area contributed by atoms with E-state index in [1.807, 2.05) is 0 Å². The Labute approximate surface area is 52.9 Å². The molecule has 9 heavy (non-hydrogen) atoms. The first-order chi connectivity index (χ1) is 4.10. The minimum Gasteiger partial charge on any atom is -0.197 e. The lowest BCUT2D eigenvalue weighted by molar-refractivity contribution is 0.109. The summed E-state index contributed by atoms with van der Waals surface area (Å²) in [5, 5.41) is 0. The van der Waals surface area contributed by atoms with Crippen LogP contribution in [-0.4, -0.2) is 5.92 Å². The highest BCUT2D eigenvalue weighted by atomic mass is 19.3. The van der Waals surface area contributed by atoms with Crippen LogP contribution >= 0.6 is 0 Å². The normalized spacial score (nSPS) is 23.7. The fourth-order valence-corrected chi connectivity index (χ4v) is 0.747. The third-order valence-electron chi connectivity index (χ3n) is 1.12. The first kappa shape index (κ1) is 6.46. The molecule has 0 N–H and O–H groups in total. The van der Waals surface area contributed by atoms with Crippen molar-refractivity contribution in [1.29, 1.82) is 0 Å². The van der Waals surface area contributed by atoms with E-state index in [0.717, 1.165) is 12.2 Å². The Kier molecular flexibility index (Phi) is 1.39. The molecule has 0 spiro atoms. The summed E-state index contributed by atoms with van der Waals surface area (Å²) >= 11 is 0. The molecule has 0 heterocycles. The van der Waals surface area contributed by atoms with Gasteiger partial charge < -0.3 is 0 Å². The third kappa shape index (κ3) is 1.63. The average molecular weight is 129 g/mol. The number of halogens is 2. The zero-order chi connectivity index (χ0) is 6.91. The highest BCUT2D eigenvalue weighted by molar-refractivity contribution is 5.24. The van der Waals surface area contributed by atoms with E-state index in [-0.39, 0.29) is 0 Å². The van der Waals surface area contributed by atoms with Crippen LogP contribution in [0.3, 0.4) is 0 Å². The molecule has 0 nitrogen and oxygen atoms in total. The van der Waals surface area contributed by atoms with Gasteiger partial charge in [-0.2, -0.15) is 8.78 Å². The van der Waals surface area contributed by atoms with Gasteiger partial charge in [0, 0.05) is 0 Å². The Morgan fingerprint density at radius 3 is 2.56 bits per heavy atom. The second-order valence-electron chi connectivity index (χ2n) is 2.08. The minimum absolute atomic E-state index is 0.488. The van der Waals surface area contributed by atoms with E-state index in [1.54, 1.807) is 0 Å². The number of hydrogen-bond donors (Lipinski definition) is 0. The predicted molar refractivity (Wildman–Crippen MR) is 32.1 cm³/mol. The van der Waals surface area contributed by atoms with E-state index < -0.39 is 5.92 Å². The highest BCUT2D eigenvalue weighted by Crippen LogP contribution is 2.24. The highest BCUT2D eigenvalue weighted by Gasteiger charge is 2.23. The molecule has 49 valence electrons. The van der Waals surface area contributed by atoms with Crippen LogP contribution in [0.4, 0.5) is 8.78 Å². The van der Waals surface area contributed by atoms with Gasteiger partial charge in [0.25, 0.3) is 5.92 Å². The molecule has 0 aromatic carbocycles. The van der Waals surface area contributed by atoms with Crippen molar-refractivity contribution in [2.75, 3.05) is 0 Å². The van der Waals surface area contributed by atoms with Gasteiger partial charge in [-0.1, -0.05) is 11.6 Å². The van der Waals surface area contributed by atoms with Gasteiger partial charge in [-0.15, -0.1) is 0 Å². The van der Waals surface area contributed by atoms with E-state index in [4.69, 9.17) is 0 Å². The molecule has 0 aromatic heterocycles. The number of rotatable bonds is 0. The van der Waals surface area contributed by atoms with Gasteiger partial charge in [-0.25, -0.2) is 0 Å². The fraction of sp³-hybridized carbons (Fsp3) is 0.286. The van der Waals surface area contributed by atoms with E-state index in [0.29, 0.717) is 12.0 Å². The molecule has 0 unspecified atom stereocenters. The monoisotopic (exact) mass is 129 g/mol. The average Bonchev–Trinajstić information content (AvgIpc) is 1.60. The molecule has 0 fully saturated rings. The molecule has 1 rings (SSSR count). The van der Waals surface area contributed by atoms with Crippen molar-refractivity contribution in [3.8, 4) is 0 Å². The van der Waals surface area contributed by atoms with Crippen molar-refractivity contribution in [3.63, 3.8) is 0 Å². The second-order valence-corrected chi connectivity index (χ2v) is 2.08. The van der Waals surface area contributed by atoms with Crippen LogP contribution in [0.5, 0.6) is 0 Å². The van der Waals surface area contributed by atoms with Crippen molar-refractivity contribution in [2.45, 2.75) is 12.3 Å². The van der Waals surface area contributed by atoms with E-state index in [9.17, 15) is 8.78 Å². The van der Waals surface area contributed by atoms with Gasteiger partial charge in [0.05, 0.1) is 0 Å². The number of allylic oxidation sites excluding steroid dienone is 4. The van der Waals surface area contributed by atoms with Gasteiger partial charge in [0.2, 0.25) is 0 Å². The van der Waals surface area contributed by atoms with Crippen LogP contribution in [0.25, 0.3) is 0 Å². The first-order valence-corrected chi connectivity index (χ1v) is 2.69. The number of hydrogen-bond acceptors (Lipinski definition) is 0. The van der Waals surface area contributed by atoms with Crippen LogP contribution in [0, 0.1) is 6.92 Å². The molecule has 0 amide bonds. The molecule has 1 aliphatic rings. The van der Waals surface area contributed by atoms with Crippen LogP contribution < -0.4 is 0 Å². The molecule has 0 atom stereocenters. The lowest BCUT2D eigenvalue weighted by Gasteiger charge is -2.11. The standard InChI is InChI=1S/C7H7F2/c1-6-3-2-4-7(8,9)5-6/h2,4-5H,1,3H2. The molecular weight excluding hydrogens is 122 g/mol. The molecule has 0 saturated heterocycles. The molecule has 0 aromatic rings. The summed E-state index contributed by atoms with van der Waals surface area (Å²) in [6, 6.07) is 0. The predicted octanol–water partition coefficient (Wildman–Crippen LogP) is 2.34. The summed E-state index contributed by atoms with van der Waals surface area (Å²) in [6.45, 7) is 3.42. The molecule has 1 aliphatic carbocycles. The molecule has 2 heteroatoms. The molecule has 0 bridgehead atoms. The Balaban J connectivity index is 2.78. The van der Waals surface area contributed by atoms with Crippen molar-refractivity contribution in [1.82, 2.24) is 0 Å². The van der Waals surface area contributed by atoms with Crippen LogP contribution in [0.15, 0.2) is 23.8 Å². The summed E-state index contributed by atoms with van der Waals surface area (Å²) in [5.41, 5.74) is 0.488. The summed E-state index contributed by atoms with van der Waals surface area (Å²) in [6.07, 6.45) is 3.76. The maximum atomic E-state index is 12.3. The minimum atomic E-state index is -2.75. The largest absolute Gasteiger partial charge is 0.285 e. The van der Waals surface area contributed by atoms with Crippen molar-refractivity contribution < 1.29 is 8.78 Å². The lowest BCUT2D eigenvalue weighted by Crippen LogP contribution is -2.10. The maximum absolute atomic E-state index is 12.3. The van der Waals surface area contributed by atoms with E-state index in [2.05, 4.69) is 6.92 Å². The Hall–Kier alpha value is -0.660. The van der Waals surface area contributed by atoms with Crippen molar-refractivity contribution in [2.24, 2.45) is 0 Å². The second kappa shape index (κ2) is 1.94. The zero-order valence-electron chi connectivity index (χ0n) is 4.90.